The number of thiocarbonyl (C=S) groups is 1. The summed E-state index contributed by atoms with van der Waals surface area (Å²) in [6.45, 7) is 1.73. The van der Waals surface area contributed by atoms with Crippen molar-refractivity contribution in [3.63, 3.8) is 0 Å². The molecule has 13 heavy (non-hydrogen) atoms. The molecule has 0 fully saturated rings. The van der Waals surface area contributed by atoms with E-state index in [1.165, 1.54) is 0 Å². The third-order valence-electron chi connectivity index (χ3n) is 1.88. The molecular formula is C10H13NOS. The van der Waals surface area contributed by atoms with Crippen molar-refractivity contribution in [3.05, 3.63) is 35.4 Å². The molecular weight excluding hydrogens is 182 g/mol. The third kappa shape index (κ3) is 2.26. The second-order valence-electron chi connectivity index (χ2n) is 2.84. The average molecular weight is 195 g/mol. The quantitative estimate of drug-likeness (QED) is 0.704. The standard InChI is InChI=1S/C10H13NOS/c1-7(12)8-5-3-4-6-9(8)10(13)11-2/h3-7,12H,1-2H3,(H,11,13). The Kier molecular flexibility index (Phi) is 3.39. The first-order valence-corrected chi connectivity index (χ1v) is 4.56. The van der Waals surface area contributed by atoms with Gasteiger partial charge in [0, 0.05) is 12.6 Å². The molecule has 1 rings (SSSR count). The molecule has 0 saturated heterocycles. The predicted molar refractivity (Wildman–Crippen MR) is 57.8 cm³/mol. The summed E-state index contributed by atoms with van der Waals surface area (Å²) in [5, 5.41) is 12.4. The summed E-state index contributed by atoms with van der Waals surface area (Å²) in [7, 11) is 1.78. The minimum absolute atomic E-state index is 0.484. The molecule has 0 heterocycles. The van der Waals surface area contributed by atoms with E-state index in [4.69, 9.17) is 12.2 Å². The Hall–Kier alpha value is -0.930. The minimum atomic E-state index is -0.484. The molecule has 2 nitrogen and oxygen atoms in total. The summed E-state index contributed by atoms with van der Waals surface area (Å²) in [6, 6.07) is 7.58. The number of nitrogens with one attached hydrogen (secondary N) is 1. The maximum absolute atomic E-state index is 9.46. The van der Waals surface area contributed by atoms with Gasteiger partial charge in [0.15, 0.2) is 0 Å². The molecule has 3 heteroatoms. The number of benzene rings is 1. The molecule has 0 aliphatic rings. The zero-order valence-electron chi connectivity index (χ0n) is 7.74. The van der Waals surface area contributed by atoms with Crippen molar-refractivity contribution in [1.29, 1.82) is 0 Å². The molecule has 70 valence electrons. The Morgan fingerprint density at radius 2 is 2.08 bits per heavy atom. The van der Waals surface area contributed by atoms with E-state index in [1.807, 2.05) is 24.3 Å². The molecule has 1 atom stereocenters. The van der Waals surface area contributed by atoms with Crippen LogP contribution in [0.1, 0.15) is 24.2 Å². The van der Waals surface area contributed by atoms with E-state index in [2.05, 4.69) is 5.32 Å². The number of rotatable bonds is 2. The van der Waals surface area contributed by atoms with Crippen LogP contribution in [0, 0.1) is 0 Å². The maximum atomic E-state index is 9.46. The minimum Gasteiger partial charge on any atom is -0.389 e. The van der Waals surface area contributed by atoms with E-state index in [0.29, 0.717) is 4.99 Å². The van der Waals surface area contributed by atoms with Crippen LogP contribution in [0.5, 0.6) is 0 Å². The van der Waals surface area contributed by atoms with Crippen LogP contribution in [0.3, 0.4) is 0 Å². The second kappa shape index (κ2) is 4.35. The van der Waals surface area contributed by atoms with Crippen LogP contribution in [-0.2, 0) is 0 Å². The first kappa shape index (κ1) is 10.2. The lowest BCUT2D eigenvalue weighted by atomic mass is 10.0. The van der Waals surface area contributed by atoms with Crippen molar-refractivity contribution in [2.24, 2.45) is 0 Å². The molecule has 2 N–H and O–H groups in total. The molecule has 0 spiro atoms. The Labute approximate surface area is 83.6 Å². The van der Waals surface area contributed by atoms with Crippen molar-refractivity contribution in [3.8, 4) is 0 Å². The van der Waals surface area contributed by atoms with E-state index in [0.717, 1.165) is 11.1 Å². The van der Waals surface area contributed by atoms with Crippen LogP contribution in [0.15, 0.2) is 24.3 Å². The van der Waals surface area contributed by atoms with E-state index in [-0.39, 0.29) is 0 Å². The number of aliphatic hydroxyl groups excluding tert-OH is 1. The lowest BCUT2D eigenvalue weighted by molar-refractivity contribution is 0.199. The first-order chi connectivity index (χ1) is 6.16. The van der Waals surface area contributed by atoms with Gasteiger partial charge in [0.1, 0.15) is 4.99 Å². The van der Waals surface area contributed by atoms with Crippen molar-refractivity contribution in [2.75, 3.05) is 7.05 Å². The lowest BCUT2D eigenvalue weighted by Crippen LogP contribution is -2.18. The van der Waals surface area contributed by atoms with Gasteiger partial charge in [-0.15, -0.1) is 0 Å². The van der Waals surface area contributed by atoms with Crippen molar-refractivity contribution in [2.45, 2.75) is 13.0 Å². The van der Waals surface area contributed by atoms with Crippen LogP contribution in [-0.4, -0.2) is 17.1 Å². The lowest BCUT2D eigenvalue weighted by Gasteiger charge is -2.11. The Morgan fingerprint density at radius 3 is 2.62 bits per heavy atom. The Bertz CT molecular complexity index is 310. The van der Waals surface area contributed by atoms with Gasteiger partial charge in [0.05, 0.1) is 6.10 Å². The highest BCUT2D eigenvalue weighted by atomic mass is 32.1. The molecule has 0 aromatic heterocycles. The molecule has 0 amide bonds. The fourth-order valence-corrected chi connectivity index (χ4v) is 1.39. The highest BCUT2D eigenvalue weighted by Crippen LogP contribution is 2.17. The summed E-state index contributed by atoms with van der Waals surface area (Å²) in [5.41, 5.74) is 1.76. The van der Waals surface area contributed by atoms with Gasteiger partial charge in [-0.3, -0.25) is 0 Å². The number of hydrogen-bond donors (Lipinski definition) is 2. The first-order valence-electron chi connectivity index (χ1n) is 4.16. The van der Waals surface area contributed by atoms with Crippen LogP contribution < -0.4 is 5.32 Å². The molecule has 1 unspecified atom stereocenters. The maximum Gasteiger partial charge on any atom is 0.106 e. The smallest absolute Gasteiger partial charge is 0.106 e. The van der Waals surface area contributed by atoms with Crippen LogP contribution in [0.25, 0.3) is 0 Å². The third-order valence-corrected chi connectivity index (χ3v) is 2.31. The largest absolute Gasteiger partial charge is 0.389 e. The van der Waals surface area contributed by atoms with Gasteiger partial charge in [-0.05, 0) is 12.5 Å². The van der Waals surface area contributed by atoms with E-state index in [9.17, 15) is 5.11 Å². The normalized spacial score (nSPS) is 12.2. The zero-order valence-corrected chi connectivity index (χ0v) is 8.56. The fraction of sp³-hybridized carbons (Fsp3) is 0.300. The average Bonchev–Trinajstić information content (AvgIpc) is 2.16. The molecule has 0 aliphatic heterocycles. The highest BCUT2D eigenvalue weighted by molar-refractivity contribution is 7.80. The van der Waals surface area contributed by atoms with Gasteiger partial charge in [-0.25, -0.2) is 0 Å². The van der Waals surface area contributed by atoms with Crippen molar-refractivity contribution >= 4 is 17.2 Å². The second-order valence-corrected chi connectivity index (χ2v) is 3.25. The summed E-state index contributed by atoms with van der Waals surface area (Å²) in [6.07, 6.45) is -0.484. The summed E-state index contributed by atoms with van der Waals surface area (Å²) < 4.78 is 0. The SMILES string of the molecule is CNC(=S)c1ccccc1C(C)O. The predicted octanol–water partition coefficient (Wildman–Crippen LogP) is 1.63. The van der Waals surface area contributed by atoms with Gasteiger partial charge in [0.25, 0.3) is 0 Å². The number of aliphatic hydroxyl groups is 1. The summed E-state index contributed by atoms with van der Waals surface area (Å²) in [4.78, 5) is 0.663. The van der Waals surface area contributed by atoms with Gasteiger partial charge < -0.3 is 10.4 Å². The molecule has 0 radical (unpaired) electrons. The van der Waals surface area contributed by atoms with Crippen LogP contribution in [0.4, 0.5) is 0 Å². The molecule has 1 aromatic rings. The Morgan fingerprint density at radius 1 is 1.46 bits per heavy atom. The van der Waals surface area contributed by atoms with Gasteiger partial charge >= 0.3 is 0 Å². The molecule has 0 saturated carbocycles. The fourth-order valence-electron chi connectivity index (χ4n) is 1.20. The Balaban J connectivity index is 3.12. The van der Waals surface area contributed by atoms with E-state index >= 15 is 0 Å². The van der Waals surface area contributed by atoms with Gasteiger partial charge in [0.2, 0.25) is 0 Å². The van der Waals surface area contributed by atoms with E-state index < -0.39 is 6.10 Å². The summed E-state index contributed by atoms with van der Waals surface area (Å²) >= 11 is 5.11. The molecule has 0 aliphatic carbocycles. The van der Waals surface area contributed by atoms with Crippen molar-refractivity contribution in [1.82, 2.24) is 5.32 Å². The van der Waals surface area contributed by atoms with Crippen LogP contribution in [0.2, 0.25) is 0 Å². The summed E-state index contributed by atoms with van der Waals surface area (Å²) in [5.74, 6) is 0. The molecule has 0 bridgehead atoms. The topological polar surface area (TPSA) is 32.3 Å². The molecule has 1 aromatic carbocycles. The van der Waals surface area contributed by atoms with Gasteiger partial charge in [-0.1, -0.05) is 36.5 Å². The van der Waals surface area contributed by atoms with Crippen molar-refractivity contribution < 1.29 is 5.11 Å². The van der Waals surface area contributed by atoms with Crippen LogP contribution >= 0.6 is 12.2 Å². The number of hydrogen-bond acceptors (Lipinski definition) is 2. The monoisotopic (exact) mass is 195 g/mol. The highest BCUT2D eigenvalue weighted by Gasteiger charge is 2.09. The zero-order chi connectivity index (χ0) is 9.84. The van der Waals surface area contributed by atoms with E-state index in [1.54, 1.807) is 14.0 Å². The van der Waals surface area contributed by atoms with Gasteiger partial charge in [-0.2, -0.15) is 0 Å².